The molecule has 6 nitrogen and oxygen atoms in total. The van der Waals surface area contributed by atoms with E-state index in [1.807, 2.05) is 49.4 Å². The molecule has 4 rings (SSSR count). The highest BCUT2D eigenvalue weighted by atomic mass is 32.2. The van der Waals surface area contributed by atoms with Gasteiger partial charge in [0.1, 0.15) is 0 Å². The molecule has 2 N–H and O–H groups in total. The van der Waals surface area contributed by atoms with Crippen molar-refractivity contribution in [2.75, 3.05) is 19.5 Å². The number of carbonyl (C=O) groups excluding carboxylic acids is 2. The highest BCUT2D eigenvalue weighted by Crippen LogP contribution is 2.40. The summed E-state index contributed by atoms with van der Waals surface area (Å²) in [6, 6.07) is 18.8. The van der Waals surface area contributed by atoms with E-state index in [9.17, 15) is 9.59 Å². The number of amides is 2. The van der Waals surface area contributed by atoms with Gasteiger partial charge in [0, 0.05) is 17.0 Å². The molecule has 0 unspecified atom stereocenters. The van der Waals surface area contributed by atoms with Gasteiger partial charge in [-0.1, -0.05) is 47.7 Å². The number of anilines is 1. The average molecular weight is 461 g/mol. The second-order valence-corrected chi connectivity index (χ2v) is 8.64. The minimum Gasteiger partial charge on any atom is -0.493 e. The standard InChI is InChI=1S/C26H24N2O4S/c1-16-4-6-17(7-5-16)15-27-25(29)19-9-11-23-20(14-19)28-26(30)24(33-23)13-18-8-10-21(31-2)22(12-18)32-3/h4-14H,15H2,1-3H3,(H,27,29)(H,28,30)/b24-13+. The maximum absolute atomic E-state index is 12.7. The number of thioether (sulfide) groups is 1. The molecule has 3 aromatic carbocycles. The van der Waals surface area contributed by atoms with Gasteiger partial charge in [-0.2, -0.15) is 0 Å². The van der Waals surface area contributed by atoms with E-state index in [1.54, 1.807) is 38.5 Å². The number of benzene rings is 3. The molecule has 0 radical (unpaired) electrons. The Kier molecular flexibility index (Phi) is 6.70. The molecule has 2 amide bonds. The lowest BCUT2D eigenvalue weighted by Gasteiger charge is -2.19. The lowest BCUT2D eigenvalue weighted by molar-refractivity contribution is -0.112. The van der Waals surface area contributed by atoms with E-state index in [0.29, 0.717) is 34.2 Å². The van der Waals surface area contributed by atoms with Gasteiger partial charge in [0.2, 0.25) is 0 Å². The van der Waals surface area contributed by atoms with Crippen molar-refractivity contribution in [2.24, 2.45) is 0 Å². The van der Waals surface area contributed by atoms with E-state index in [4.69, 9.17) is 9.47 Å². The first-order chi connectivity index (χ1) is 16.0. The summed E-state index contributed by atoms with van der Waals surface area (Å²) in [4.78, 5) is 26.7. The minimum absolute atomic E-state index is 0.190. The van der Waals surface area contributed by atoms with Crippen molar-refractivity contribution in [3.63, 3.8) is 0 Å². The number of hydrogen-bond donors (Lipinski definition) is 2. The van der Waals surface area contributed by atoms with Crippen LogP contribution in [0.5, 0.6) is 11.5 Å². The molecular weight excluding hydrogens is 436 g/mol. The number of carbonyl (C=O) groups is 2. The first kappa shape index (κ1) is 22.5. The van der Waals surface area contributed by atoms with Gasteiger partial charge in [0.15, 0.2) is 11.5 Å². The molecule has 0 atom stereocenters. The van der Waals surface area contributed by atoms with Gasteiger partial charge in [-0.25, -0.2) is 0 Å². The van der Waals surface area contributed by atoms with E-state index in [-0.39, 0.29) is 11.8 Å². The predicted octanol–water partition coefficient (Wildman–Crippen LogP) is 5.03. The highest BCUT2D eigenvalue weighted by Gasteiger charge is 2.22. The molecular formula is C26H24N2O4S. The van der Waals surface area contributed by atoms with Crippen LogP contribution in [-0.2, 0) is 11.3 Å². The van der Waals surface area contributed by atoms with Crippen LogP contribution in [0.25, 0.3) is 6.08 Å². The monoisotopic (exact) mass is 460 g/mol. The molecule has 7 heteroatoms. The first-order valence-corrected chi connectivity index (χ1v) is 11.2. The Morgan fingerprint density at radius 2 is 1.76 bits per heavy atom. The average Bonchev–Trinajstić information content (AvgIpc) is 2.83. The molecule has 0 bridgehead atoms. The van der Waals surface area contributed by atoms with Gasteiger partial charge >= 0.3 is 0 Å². The van der Waals surface area contributed by atoms with Crippen molar-refractivity contribution < 1.29 is 19.1 Å². The van der Waals surface area contributed by atoms with Crippen LogP contribution in [0.15, 0.2) is 70.5 Å². The largest absolute Gasteiger partial charge is 0.493 e. The van der Waals surface area contributed by atoms with E-state index < -0.39 is 0 Å². The normalized spacial score (nSPS) is 13.8. The van der Waals surface area contributed by atoms with E-state index in [1.165, 1.54) is 17.3 Å². The van der Waals surface area contributed by atoms with E-state index >= 15 is 0 Å². The van der Waals surface area contributed by atoms with Crippen LogP contribution in [-0.4, -0.2) is 26.0 Å². The number of fused-ring (bicyclic) bond motifs is 1. The van der Waals surface area contributed by atoms with Crippen molar-refractivity contribution in [3.8, 4) is 11.5 Å². The number of nitrogens with one attached hydrogen (secondary N) is 2. The molecule has 1 aliphatic heterocycles. The minimum atomic E-state index is -0.223. The summed E-state index contributed by atoms with van der Waals surface area (Å²) < 4.78 is 10.6. The van der Waals surface area contributed by atoms with Gasteiger partial charge in [0.05, 0.1) is 24.8 Å². The Morgan fingerprint density at radius 3 is 2.48 bits per heavy atom. The van der Waals surface area contributed by atoms with E-state index in [0.717, 1.165) is 16.0 Å². The zero-order chi connectivity index (χ0) is 23.4. The quantitative estimate of drug-likeness (QED) is 0.505. The third-order valence-corrected chi connectivity index (χ3v) is 6.31. The third-order valence-electron chi connectivity index (χ3n) is 5.21. The number of hydrogen-bond acceptors (Lipinski definition) is 5. The van der Waals surface area contributed by atoms with Gasteiger partial charge < -0.3 is 20.1 Å². The fraction of sp³-hybridized carbons (Fsp3) is 0.154. The van der Waals surface area contributed by atoms with Crippen molar-refractivity contribution in [3.05, 3.63) is 87.8 Å². The molecule has 33 heavy (non-hydrogen) atoms. The number of methoxy groups -OCH3 is 2. The van der Waals surface area contributed by atoms with Crippen molar-refractivity contribution in [1.82, 2.24) is 5.32 Å². The van der Waals surface area contributed by atoms with Gasteiger partial charge in [-0.3, -0.25) is 9.59 Å². The second-order valence-electron chi connectivity index (χ2n) is 7.56. The van der Waals surface area contributed by atoms with Crippen molar-refractivity contribution in [1.29, 1.82) is 0 Å². The fourth-order valence-electron chi connectivity index (χ4n) is 3.39. The number of ether oxygens (including phenoxy) is 2. The van der Waals surface area contributed by atoms with Crippen LogP contribution < -0.4 is 20.1 Å². The first-order valence-electron chi connectivity index (χ1n) is 10.4. The topological polar surface area (TPSA) is 76.7 Å². The molecule has 168 valence electrons. The number of aryl methyl sites for hydroxylation is 1. The van der Waals surface area contributed by atoms with Gasteiger partial charge in [-0.05, 0) is 54.5 Å². The molecule has 1 heterocycles. The molecule has 0 aromatic heterocycles. The van der Waals surface area contributed by atoms with Gasteiger partial charge in [-0.15, -0.1) is 0 Å². The zero-order valence-electron chi connectivity index (χ0n) is 18.6. The molecule has 3 aromatic rings. The smallest absolute Gasteiger partial charge is 0.262 e. The van der Waals surface area contributed by atoms with Crippen LogP contribution in [0.1, 0.15) is 27.0 Å². The van der Waals surface area contributed by atoms with Crippen LogP contribution in [0.4, 0.5) is 5.69 Å². The summed E-state index contributed by atoms with van der Waals surface area (Å²) >= 11 is 1.36. The number of rotatable bonds is 6. The SMILES string of the molecule is COc1ccc(/C=C2/Sc3ccc(C(=O)NCc4ccc(C)cc4)cc3NC2=O)cc1OC. The summed E-state index contributed by atoms with van der Waals surface area (Å²) in [5, 5.41) is 5.82. The van der Waals surface area contributed by atoms with Crippen LogP contribution >= 0.6 is 11.8 Å². The summed E-state index contributed by atoms with van der Waals surface area (Å²) in [5.74, 6) is 0.803. The summed E-state index contributed by atoms with van der Waals surface area (Å²) in [7, 11) is 3.15. The molecule has 0 fully saturated rings. The van der Waals surface area contributed by atoms with Crippen LogP contribution in [0.3, 0.4) is 0 Å². The van der Waals surface area contributed by atoms with Crippen LogP contribution in [0, 0.1) is 6.92 Å². The fourth-order valence-corrected chi connectivity index (χ4v) is 4.32. The van der Waals surface area contributed by atoms with Crippen molar-refractivity contribution >= 4 is 35.3 Å². The zero-order valence-corrected chi connectivity index (χ0v) is 19.4. The maximum atomic E-state index is 12.7. The summed E-state index contributed by atoms with van der Waals surface area (Å²) in [5.41, 5.74) is 4.14. The predicted molar refractivity (Wildman–Crippen MR) is 131 cm³/mol. The lowest BCUT2D eigenvalue weighted by Crippen LogP contribution is -2.23. The molecule has 0 spiro atoms. The summed E-state index contributed by atoms with van der Waals surface area (Å²) in [6.45, 7) is 2.46. The second kappa shape index (κ2) is 9.83. The molecule has 0 aliphatic carbocycles. The van der Waals surface area contributed by atoms with Crippen molar-refractivity contribution in [2.45, 2.75) is 18.4 Å². The molecule has 0 saturated carbocycles. The lowest BCUT2D eigenvalue weighted by atomic mass is 10.1. The summed E-state index contributed by atoms with van der Waals surface area (Å²) in [6.07, 6.45) is 1.80. The Hall–Kier alpha value is -3.71. The Morgan fingerprint density at radius 1 is 1.00 bits per heavy atom. The Balaban J connectivity index is 1.48. The third kappa shape index (κ3) is 5.21. The molecule has 0 saturated heterocycles. The Labute approximate surface area is 197 Å². The molecule has 1 aliphatic rings. The Bertz CT molecular complexity index is 1240. The highest BCUT2D eigenvalue weighted by molar-refractivity contribution is 8.04. The van der Waals surface area contributed by atoms with Gasteiger partial charge in [0.25, 0.3) is 11.8 Å². The van der Waals surface area contributed by atoms with Crippen LogP contribution in [0.2, 0.25) is 0 Å². The van der Waals surface area contributed by atoms with E-state index in [2.05, 4.69) is 10.6 Å². The maximum Gasteiger partial charge on any atom is 0.262 e.